The third-order valence-electron chi connectivity index (χ3n) is 4.74. The summed E-state index contributed by atoms with van der Waals surface area (Å²) in [6.07, 6.45) is 18.1. The van der Waals surface area contributed by atoms with Crippen molar-refractivity contribution in [1.82, 2.24) is 0 Å². The Kier molecular flexibility index (Phi) is 13.2. The van der Waals surface area contributed by atoms with E-state index in [9.17, 15) is 4.79 Å². The molecule has 0 N–H and O–H groups in total. The lowest BCUT2D eigenvalue weighted by Crippen LogP contribution is -2.09. The minimum atomic E-state index is -0.0566. The van der Waals surface area contributed by atoms with E-state index in [1.165, 1.54) is 70.6 Å². The summed E-state index contributed by atoms with van der Waals surface area (Å²) in [5.74, 6) is 0.812. The van der Waals surface area contributed by atoms with Crippen molar-refractivity contribution in [2.24, 2.45) is 5.92 Å². The van der Waals surface area contributed by atoms with Crippen LogP contribution in [-0.4, -0.2) is 25.3 Å². The third-order valence-corrected chi connectivity index (χ3v) is 4.74. The molecule has 0 aromatic heterocycles. The molecule has 24 heavy (non-hydrogen) atoms. The lowest BCUT2D eigenvalue weighted by atomic mass is 10.0. The fourth-order valence-electron chi connectivity index (χ4n) is 3.01. The molecule has 142 valence electrons. The Morgan fingerprint density at radius 1 is 0.875 bits per heavy atom. The lowest BCUT2D eigenvalue weighted by molar-refractivity contribution is -0.144. The van der Waals surface area contributed by atoms with E-state index in [-0.39, 0.29) is 12.1 Å². The monoisotopic (exact) mass is 340 g/mol. The standard InChI is InChI=1S/C21H40O3/c1-19(2)15-13-11-9-7-5-3-4-6-8-10-12-14-16-21(22)24-18-20-17-23-20/h19-20H,3-18H2,1-2H3. The first-order chi connectivity index (χ1) is 11.7. The second kappa shape index (κ2) is 14.7. The maximum atomic E-state index is 11.4. The van der Waals surface area contributed by atoms with Gasteiger partial charge in [0.15, 0.2) is 0 Å². The molecule has 0 aromatic carbocycles. The summed E-state index contributed by atoms with van der Waals surface area (Å²) in [7, 11) is 0. The van der Waals surface area contributed by atoms with Crippen molar-refractivity contribution in [3.8, 4) is 0 Å². The number of rotatable bonds is 17. The van der Waals surface area contributed by atoms with E-state index < -0.39 is 0 Å². The van der Waals surface area contributed by atoms with Crippen LogP contribution in [0.4, 0.5) is 0 Å². The van der Waals surface area contributed by atoms with E-state index in [0.29, 0.717) is 13.0 Å². The van der Waals surface area contributed by atoms with Gasteiger partial charge in [0, 0.05) is 6.42 Å². The molecule has 1 rings (SSSR count). The van der Waals surface area contributed by atoms with Crippen molar-refractivity contribution in [1.29, 1.82) is 0 Å². The number of epoxide rings is 1. The van der Waals surface area contributed by atoms with Gasteiger partial charge in [-0.2, -0.15) is 0 Å². The van der Waals surface area contributed by atoms with Crippen LogP contribution >= 0.6 is 0 Å². The van der Waals surface area contributed by atoms with Crippen LogP contribution in [0.1, 0.15) is 104 Å². The summed E-state index contributed by atoms with van der Waals surface area (Å²) >= 11 is 0. The summed E-state index contributed by atoms with van der Waals surface area (Å²) in [6.45, 7) is 5.84. The zero-order valence-electron chi connectivity index (χ0n) is 16.2. The lowest BCUT2D eigenvalue weighted by Gasteiger charge is -2.05. The number of carbonyl (C=O) groups is 1. The van der Waals surface area contributed by atoms with Crippen LogP contribution in [0.5, 0.6) is 0 Å². The van der Waals surface area contributed by atoms with Crippen LogP contribution in [0, 0.1) is 5.92 Å². The van der Waals surface area contributed by atoms with Gasteiger partial charge < -0.3 is 9.47 Å². The van der Waals surface area contributed by atoms with Crippen molar-refractivity contribution >= 4 is 5.97 Å². The molecule has 0 bridgehead atoms. The Morgan fingerprint density at radius 2 is 1.33 bits per heavy atom. The molecular weight excluding hydrogens is 300 g/mol. The number of carbonyl (C=O) groups excluding carboxylic acids is 1. The molecular formula is C21H40O3. The SMILES string of the molecule is CC(C)CCCCCCCCCCCCCCC(=O)OCC1CO1. The first kappa shape index (κ1) is 21.5. The first-order valence-electron chi connectivity index (χ1n) is 10.5. The largest absolute Gasteiger partial charge is 0.463 e. The predicted octanol–water partition coefficient (Wildman–Crippen LogP) is 6.05. The van der Waals surface area contributed by atoms with Gasteiger partial charge in [-0.15, -0.1) is 0 Å². The van der Waals surface area contributed by atoms with Crippen LogP contribution in [0.25, 0.3) is 0 Å². The molecule has 1 aliphatic rings. The van der Waals surface area contributed by atoms with Gasteiger partial charge in [-0.3, -0.25) is 4.79 Å². The van der Waals surface area contributed by atoms with Gasteiger partial charge in [0.2, 0.25) is 0 Å². The Balaban J connectivity index is 1.67. The Labute approximate surface area is 149 Å². The first-order valence-corrected chi connectivity index (χ1v) is 10.5. The summed E-state index contributed by atoms with van der Waals surface area (Å²) in [5, 5.41) is 0. The number of hydrogen-bond acceptors (Lipinski definition) is 3. The summed E-state index contributed by atoms with van der Waals surface area (Å²) in [6, 6.07) is 0. The topological polar surface area (TPSA) is 38.8 Å². The molecule has 1 heterocycles. The highest BCUT2D eigenvalue weighted by Crippen LogP contribution is 2.14. The van der Waals surface area contributed by atoms with Gasteiger partial charge in [0.05, 0.1) is 6.61 Å². The van der Waals surface area contributed by atoms with E-state index in [1.807, 2.05) is 0 Å². The molecule has 3 nitrogen and oxygen atoms in total. The van der Waals surface area contributed by atoms with Crippen molar-refractivity contribution in [2.45, 2.75) is 110 Å². The van der Waals surface area contributed by atoms with E-state index in [2.05, 4.69) is 13.8 Å². The smallest absolute Gasteiger partial charge is 0.305 e. The fraction of sp³-hybridized carbons (Fsp3) is 0.952. The van der Waals surface area contributed by atoms with Crippen molar-refractivity contribution in [3.63, 3.8) is 0 Å². The molecule has 0 radical (unpaired) electrons. The molecule has 3 heteroatoms. The van der Waals surface area contributed by atoms with Gasteiger partial charge in [-0.25, -0.2) is 0 Å². The molecule has 0 spiro atoms. The van der Waals surface area contributed by atoms with Gasteiger partial charge in [0.1, 0.15) is 12.7 Å². The van der Waals surface area contributed by atoms with Gasteiger partial charge in [0.25, 0.3) is 0 Å². The van der Waals surface area contributed by atoms with Crippen LogP contribution in [0.15, 0.2) is 0 Å². The van der Waals surface area contributed by atoms with Gasteiger partial charge in [-0.1, -0.05) is 90.9 Å². The molecule has 1 fully saturated rings. The molecule has 1 aliphatic heterocycles. The van der Waals surface area contributed by atoms with Gasteiger partial charge in [-0.05, 0) is 12.3 Å². The zero-order chi connectivity index (χ0) is 17.5. The highest BCUT2D eigenvalue weighted by atomic mass is 16.6. The highest BCUT2D eigenvalue weighted by molar-refractivity contribution is 5.69. The molecule has 0 amide bonds. The number of ether oxygens (including phenoxy) is 2. The van der Waals surface area contributed by atoms with Crippen LogP contribution < -0.4 is 0 Å². The number of hydrogen-bond donors (Lipinski definition) is 0. The van der Waals surface area contributed by atoms with Crippen LogP contribution in [0.3, 0.4) is 0 Å². The molecule has 1 saturated heterocycles. The second-order valence-corrected chi connectivity index (χ2v) is 7.81. The van der Waals surface area contributed by atoms with Gasteiger partial charge >= 0.3 is 5.97 Å². The molecule has 0 saturated carbocycles. The average molecular weight is 341 g/mol. The van der Waals surface area contributed by atoms with Crippen LogP contribution in [-0.2, 0) is 14.3 Å². The molecule has 1 atom stereocenters. The predicted molar refractivity (Wildman–Crippen MR) is 100 cm³/mol. The number of unbranched alkanes of at least 4 members (excludes halogenated alkanes) is 11. The zero-order valence-corrected chi connectivity index (χ0v) is 16.2. The van der Waals surface area contributed by atoms with Crippen molar-refractivity contribution < 1.29 is 14.3 Å². The summed E-state index contributed by atoms with van der Waals surface area (Å²) in [4.78, 5) is 11.4. The minimum Gasteiger partial charge on any atom is -0.463 e. The normalized spacial score (nSPS) is 16.5. The quantitative estimate of drug-likeness (QED) is 0.184. The Bertz CT molecular complexity index is 297. The van der Waals surface area contributed by atoms with Crippen molar-refractivity contribution in [3.05, 3.63) is 0 Å². The maximum absolute atomic E-state index is 11.4. The molecule has 0 aromatic rings. The van der Waals surface area contributed by atoms with E-state index >= 15 is 0 Å². The van der Waals surface area contributed by atoms with E-state index in [1.54, 1.807) is 0 Å². The van der Waals surface area contributed by atoms with Crippen LogP contribution in [0.2, 0.25) is 0 Å². The summed E-state index contributed by atoms with van der Waals surface area (Å²) < 4.78 is 10.1. The molecule has 0 aliphatic carbocycles. The Morgan fingerprint density at radius 3 is 1.79 bits per heavy atom. The molecule has 1 unspecified atom stereocenters. The third kappa shape index (κ3) is 15.0. The average Bonchev–Trinajstić information content (AvgIpc) is 3.37. The maximum Gasteiger partial charge on any atom is 0.305 e. The van der Waals surface area contributed by atoms with E-state index in [4.69, 9.17) is 9.47 Å². The Hall–Kier alpha value is -0.570. The second-order valence-electron chi connectivity index (χ2n) is 7.81. The fourth-order valence-corrected chi connectivity index (χ4v) is 3.01. The summed E-state index contributed by atoms with van der Waals surface area (Å²) in [5.41, 5.74) is 0. The van der Waals surface area contributed by atoms with Crippen molar-refractivity contribution in [2.75, 3.05) is 13.2 Å². The number of esters is 1. The van der Waals surface area contributed by atoms with E-state index in [0.717, 1.165) is 25.4 Å². The minimum absolute atomic E-state index is 0.0566. The highest BCUT2D eigenvalue weighted by Gasteiger charge is 2.23.